The van der Waals surface area contributed by atoms with Gasteiger partial charge >= 0.3 is 0 Å². The summed E-state index contributed by atoms with van der Waals surface area (Å²) in [5.74, 6) is 0.586. The Balaban J connectivity index is 1.51. The Morgan fingerprint density at radius 1 is 1.00 bits per heavy atom. The van der Waals surface area contributed by atoms with Crippen molar-refractivity contribution >= 4 is 17.5 Å². The molecule has 0 N–H and O–H groups in total. The number of hydrogen-bond acceptors (Lipinski definition) is 4. The van der Waals surface area contributed by atoms with Crippen molar-refractivity contribution in [3.63, 3.8) is 0 Å². The second kappa shape index (κ2) is 7.58. The summed E-state index contributed by atoms with van der Waals surface area (Å²) in [6, 6.07) is 18.3. The molecule has 1 aliphatic rings. The number of anilines is 2. The van der Waals surface area contributed by atoms with Crippen LogP contribution in [-0.4, -0.2) is 33.9 Å². The number of fused-ring (bicyclic) bond motifs is 1. The lowest BCUT2D eigenvalue weighted by Crippen LogP contribution is -2.36. The molecule has 5 heteroatoms. The fraction of sp³-hybridized carbons (Fsp3) is 0.227. The Morgan fingerprint density at radius 3 is 2.37 bits per heavy atom. The van der Waals surface area contributed by atoms with E-state index in [0.717, 1.165) is 25.2 Å². The van der Waals surface area contributed by atoms with Gasteiger partial charge in [0.15, 0.2) is 0 Å². The Morgan fingerprint density at radius 2 is 1.67 bits per heavy atom. The molecule has 0 fully saturated rings. The van der Waals surface area contributed by atoms with Crippen molar-refractivity contribution in [3.8, 4) is 0 Å². The molecule has 2 aromatic carbocycles. The maximum atomic E-state index is 12.9. The van der Waals surface area contributed by atoms with Crippen LogP contribution in [0.3, 0.4) is 0 Å². The average molecular weight is 358 g/mol. The maximum Gasteiger partial charge on any atom is 0.257 e. The molecule has 2 heterocycles. The zero-order valence-electron chi connectivity index (χ0n) is 15.4. The highest BCUT2D eigenvalue weighted by atomic mass is 16.2. The van der Waals surface area contributed by atoms with Crippen molar-refractivity contribution in [1.29, 1.82) is 0 Å². The van der Waals surface area contributed by atoms with Gasteiger partial charge in [0, 0.05) is 37.7 Å². The lowest BCUT2D eigenvalue weighted by atomic mass is 9.99. The number of rotatable bonds is 4. The van der Waals surface area contributed by atoms with E-state index < -0.39 is 0 Å². The van der Waals surface area contributed by atoms with Crippen LogP contribution >= 0.6 is 0 Å². The topological polar surface area (TPSA) is 49.3 Å². The van der Waals surface area contributed by atoms with E-state index in [0.29, 0.717) is 18.1 Å². The van der Waals surface area contributed by atoms with Gasteiger partial charge in [-0.15, -0.1) is 0 Å². The Labute approximate surface area is 159 Å². The summed E-state index contributed by atoms with van der Waals surface area (Å²) in [4.78, 5) is 25.7. The monoisotopic (exact) mass is 358 g/mol. The third-order valence-electron chi connectivity index (χ3n) is 4.93. The van der Waals surface area contributed by atoms with Crippen LogP contribution in [0.15, 0.2) is 67.0 Å². The van der Waals surface area contributed by atoms with E-state index in [4.69, 9.17) is 0 Å². The highest BCUT2D eigenvalue weighted by molar-refractivity contribution is 5.93. The Bertz CT molecular complexity index is 925. The molecular formula is C22H22N4O. The molecule has 0 radical (unpaired) electrons. The molecule has 1 aliphatic heterocycles. The summed E-state index contributed by atoms with van der Waals surface area (Å²) in [5.41, 5.74) is 4.11. The predicted molar refractivity (Wildman–Crippen MR) is 106 cm³/mol. The van der Waals surface area contributed by atoms with Gasteiger partial charge in [-0.1, -0.05) is 42.5 Å². The SMILES string of the molecule is CCN(c1ccccc1)c1ncc(C(=O)N2CCc3ccccc3C2)cn1. The molecule has 1 aromatic heterocycles. The van der Waals surface area contributed by atoms with Crippen molar-refractivity contribution in [1.82, 2.24) is 14.9 Å². The number of nitrogens with zero attached hydrogens (tertiary/aromatic N) is 4. The van der Waals surface area contributed by atoms with Gasteiger partial charge in [0.25, 0.3) is 5.91 Å². The summed E-state index contributed by atoms with van der Waals surface area (Å²) in [5, 5.41) is 0. The molecule has 0 unspecified atom stereocenters. The number of benzene rings is 2. The molecule has 136 valence electrons. The molecule has 0 spiro atoms. The molecule has 5 nitrogen and oxygen atoms in total. The third kappa shape index (κ3) is 3.53. The first-order chi connectivity index (χ1) is 13.3. The number of amides is 1. The van der Waals surface area contributed by atoms with Gasteiger partial charge in [0.1, 0.15) is 0 Å². The molecule has 4 rings (SSSR count). The van der Waals surface area contributed by atoms with Crippen LogP contribution in [0.2, 0.25) is 0 Å². The normalized spacial score (nSPS) is 13.1. The van der Waals surface area contributed by atoms with E-state index in [1.165, 1.54) is 11.1 Å². The van der Waals surface area contributed by atoms with E-state index >= 15 is 0 Å². The molecule has 0 saturated carbocycles. The lowest BCUT2D eigenvalue weighted by molar-refractivity contribution is 0.0734. The zero-order chi connectivity index (χ0) is 18.6. The first-order valence-corrected chi connectivity index (χ1v) is 9.27. The smallest absolute Gasteiger partial charge is 0.257 e. The van der Waals surface area contributed by atoms with Crippen molar-refractivity contribution in [3.05, 3.63) is 83.7 Å². The van der Waals surface area contributed by atoms with Gasteiger partial charge in [-0.25, -0.2) is 9.97 Å². The van der Waals surface area contributed by atoms with E-state index in [2.05, 4.69) is 35.1 Å². The maximum absolute atomic E-state index is 12.9. The number of aromatic nitrogens is 2. The van der Waals surface area contributed by atoms with Gasteiger partial charge in [-0.05, 0) is 36.6 Å². The van der Waals surface area contributed by atoms with Crippen LogP contribution in [0.1, 0.15) is 28.4 Å². The standard InChI is InChI=1S/C22H22N4O/c1-2-26(20-10-4-3-5-11-20)22-23-14-19(15-24-22)21(27)25-13-12-17-8-6-7-9-18(17)16-25/h3-11,14-15H,2,12-13,16H2,1H3. The van der Waals surface area contributed by atoms with Crippen LogP contribution in [0, 0.1) is 0 Å². The minimum atomic E-state index is -0.0150. The fourth-order valence-corrected chi connectivity index (χ4v) is 3.47. The Kier molecular flexibility index (Phi) is 4.83. The highest BCUT2D eigenvalue weighted by Gasteiger charge is 2.22. The van der Waals surface area contributed by atoms with Crippen LogP contribution in [0.25, 0.3) is 0 Å². The summed E-state index contributed by atoms with van der Waals surface area (Å²) in [7, 11) is 0. The molecule has 1 amide bonds. The van der Waals surface area contributed by atoms with Gasteiger partial charge in [0.05, 0.1) is 5.56 Å². The summed E-state index contributed by atoms with van der Waals surface area (Å²) in [6.07, 6.45) is 4.16. The molecule has 0 bridgehead atoms. The van der Waals surface area contributed by atoms with Crippen molar-refractivity contribution in [2.75, 3.05) is 18.0 Å². The molecule has 3 aromatic rings. The first kappa shape index (κ1) is 17.2. The molecule has 0 saturated heterocycles. The largest absolute Gasteiger partial charge is 0.334 e. The summed E-state index contributed by atoms with van der Waals surface area (Å²) in [6.45, 7) is 4.17. The third-order valence-corrected chi connectivity index (χ3v) is 4.93. The average Bonchev–Trinajstić information content (AvgIpc) is 2.75. The quantitative estimate of drug-likeness (QED) is 0.711. The number of para-hydroxylation sites is 1. The van der Waals surface area contributed by atoms with Crippen molar-refractivity contribution < 1.29 is 4.79 Å². The molecule has 0 aliphatic carbocycles. The number of carbonyl (C=O) groups is 1. The Hall–Kier alpha value is -3.21. The van der Waals surface area contributed by atoms with E-state index in [1.54, 1.807) is 12.4 Å². The van der Waals surface area contributed by atoms with Crippen molar-refractivity contribution in [2.24, 2.45) is 0 Å². The molecule has 27 heavy (non-hydrogen) atoms. The highest BCUT2D eigenvalue weighted by Crippen LogP contribution is 2.22. The second-order valence-corrected chi connectivity index (χ2v) is 6.60. The fourth-order valence-electron chi connectivity index (χ4n) is 3.47. The minimum absolute atomic E-state index is 0.0150. The van der Waals surface area contributed by atoms with Crippen LogP contribution in [0.5, 0.6) is 0 Å². The van der Waals surface area contributed by atoms with Crippen LogP contribution in [-0.2, 0) is 13.0 Å². The minimum Gasteiger partial charge on any atom is -0.334 e. The van der Waals surface area contributed by atoms with E-state index in [9.17, 15) is 4.79 Å². The lowest BCUT2D eigenvalue weighted by Gasteiger charge is -2.29. The van der Waals surface area contributed by atoms with Gasteiger partial charge in [0.2, 0.25) is 5.95 Å². The van der Waals surface area contributed by atoms with Gasteiger partial charge in [-0.2, -0.15) is 0 Å². The van der Waals surface area contributed by atoms with Gasteiger partial charge < -0.3 is 9.80 Å². The summed E-state index contributed by atoms with van der Waals surface area (Å²) >= 11 is 0. The number of carbonyl (C=O) groups excluding carboxylic acids is 1. The number of hydrogen-bond donors (Lipinski definition) is 0. The first-order valence-electron chi connectivity index (χ1n) is 9.27. The summed E-state index contributed by atoms with van der Waals surface area (Å²) < 4.78 is 0. The zero-order valence-corrected chi connectivity index (χ0v) is 15.4. The van der Waals surface area contributed by atoms with Crippen LogP contribution < -0.4 is 4.90 Å². The van der Waals surface area contributed by atoms with Gasteiger partial charge in [-0.3, -0.25) is 4.79 Å². The van der Waals surface area contributed by atoms with E-state index in [-0.39, 0.29) is 5.91 Å². The van der Waals surface area contributed by atoms with Crippen molar-refractivity contribution in [2.45, 2.75) is 19.9 Å². The van der Waals surface area contributed by atoms with Crippen LogP contribution in [0.4, 0.5) is 11.6 Å². The van der Waals surface area contributed by atoms with E-state index in [1.807, 2.05) is 46.2 Å². The second-order valence-electron chi connectivity index (χ2n) is 6.60. The molecule has 0 atom stereocenters. The predicted octanol–water partition coefficient (Wildman–Crippen LogP) is 3.83. The molecular weight excluding hydrogens is 336 g/mol.